The average molecular weight is 528 g/mol. The molecule has 0 aromatic heterocycles. The minimum absolute atomic E-state index is 0.0307. The van der Waals surface area contributed by atoms with Crippen molar-refractivity contribution in [1.29, 1.82) is 0 Å². The third-order valence-electron chi connectivity index (χ3n) is 7.44. The fourth-order valence-corrected chi connectivity index (χ4v) is 5.71. The Balaban J connectivity index is 1.85. The molecule has 3 atom stereocenters. The van der Waals surface area contributed by atoms with Gasteiger partial charge >= 0.3 is 0 Å². The number of oxime groups is 1. The zero-order valence-corrected chi connectivity index (χ0v) is 21.8. The summed E-state index contributed by atoms with van der Waals surface area (Å²) in [6.07, 6.45) is 1.39. The Hall–Kier alpha value is -3.70. The lowest BCUT2D eigenvalue weighted by Gasteiger charge is -2.45. The molecular formula is C27H33N3O8. The van der Waals surface area contributed by atoms with Crippen LogP contribution in [0.25, 0.3) is 0 Å². The number of phenols is 1. The summed E-state index contributed by atoms with van der Waals surface area (Å²) in [6.45, 7) is 7.02. The van der Waals surface area contributed by atoms with Gasteiger partial charge in [0, 0.05) is 42.1 Å². The number of allylic oxidation sites excluding steroid dienone is 2. The number of nitrogens with one attached hydrogen (secondary N) is 1. The molecule has 1 aromatic carbocycles. The van der Waals surface area contributed by atoms with Gasteiger partial charge in [-0.15, -0.1) is 0 Å². The van der Waals surface area contributed by atoms with Gasteiger partial charge in [0.15, 0.2) is 11.4 Å². The number of primary amides is 1. The highest BCUT2D eigenvalue weighted by atomic mass is 16.6. The predicted octanol–water partition coefficient (Wildman–Crippen LogP) is 1.70. The maximum absolute atomic E-state index is 13.8. The summed E-state index contributed by atoms with van der Waals surface area (Å²) in [5.41, 5.74) is 2.99. The van der Waals surface area contributed by atoms with E-state index in [-0.39, 0.29) is 48.1 Å². The second-order valence-electron chi connectivity index (χ2n) is 11.3. The highest BCUT2D eigenvalue weighted by molar-refractivity contribution is 6.24. The Labute approximate surface area is 219 Å². The molecule has 0 spiro atoms. The molecule has 0 fully saturated rings. The Morgan fingerprint density at radius 1 is 1.26 bits per heavy atom. The smallest absolute Gasteiger partial charge is 0.255 e. The Morgan fingerprint density at radius 3 is 2.55 bits per heavy atom. The molecule has 0 radical (unpaired) electrons. The molecule has 3 aliphatic carbocycles. The van der Waals surface area contributed by atoms with Crippen LogP contribution in [0.2, 0.25) is 0 Å². The molecule has 1 aromatic rings. The van der Waals surface area contributed by atoms with Gasteiger partial charge in [0.25, 0.3) is 5.91 Å². The van der Waals surface area contributed by atoms with Crippen LogP contribution in [0.15, 0.2) is 33.9 Å². The molecule has 0 bridgehead atoms. The molecule has 1 amide bonds. The number of ketones is 2. The van der Waals surface area contributed by atoms with Crippen LogP contribution in [-0.2, 0) is 27.4 Å². The van der Waals surface area contributed by atoms with Crippen LogP contribution in [0, 0.1) is 17.3 Å². The average Bonchev–Trinajstić information content (AvgIpc) is 2.81. The summed E-state index contributed by atoms with van der Waals surface area (Å²) >= 11 is 0. The summed E-state index contributed by atoms with van der Waals surface area (Å²) in [5.74, 6) is -6.58. The first kappa shape index (κ1) is 27.3. The van der Waals surface area contributed by atoms with Gasteiger partial charge in [0.1, 0.15) is 30.0 Å². The molecule has 0 saturated heterocycles. The first-order chi connectivity index (χ1) is 17.7. The highest BCUT2D eigenvalue weighted by Gasteiger charge is 2.59. The molecule has 11 nitrogen and oxygen atoms in total. The minimum atomic E-state index is -2.60. The van der Waals surface area contributed by atoms with Gasteiger partial charge < -0.3 is 36.3 Å². The largest absolute Gasteiger partial charge is 0.511 e. The number of rotatable bonds is 6. The first-order valence-electron chi connectivity index (χ1n) is 12.3. The second-order valence-corrected chi connectivity index (χ2v) is 11.3. The van der Waals surface area contributed by atoms with Gasteiger partial charge in [-0.3, -0.25) is 14.4 Å². The number of aliphatic hydroxyl groups excluding tert-OH is 2. The van der Waals surface area contributed by atoms with E-state index in [1.165, 1.54) is 13.3 Å². The summed E-state index contributed by atoms with van der Waals surface area (Å²) in [7, 11) is 1.38. The van der Waals surface area contributed by atoms with Crippen molar-refractivity contribution in [3.8, 4) is 5.75 Å². The Kier molecular flexibility index (Phi) is 6.87. The van der Waals surface area contributed by atoms with Gasteiger partial charge in [-0.05, 0) is 35.8 Å². The summed E-state index contributed by atoms with van der Waals surface area (Å²) in [5, 5.41) is 51.2. The number of carbonyl (C=O) groups excluding carboxylic acids is 3. The number of fused-ring (bicyclic) bond motifs is 3. The summed E-state index contributed by atoms with van der Waals surface area (Å²) < 4.78 is 0. The van der Waals surface area contributed by atoms with Crippen LogP contribution in [0.3, 0.4) is 0 Å². The molecule has 3 aliphatic rings. The zero-order valence-electron chi connectivity index (χ0n) is 21.8. The van der Waals surface area contributed by atoms with E-state index in [9.17, 15) is 34.8 Å². The van der Waals surface area contributed by atoms with Gasteiger partial charge in [-0.25, -0.2) is 0 Å². The van der Waals surface area contributed by atoms with Crippen molar-refractivity contribution >= 4 is 23.7 Å². The second kappa shape index (κ2) is 9.55. The van der Waals surface area contributed by atoms with Crippen molar-refractivity contribution < 1.29 is 39.6 Å². The molecule has 0 unspecified atom stereocenters. The van der Waals surface area contributed by atoms with Crippen LogP contribution in [0.5, 0.6) is 5.75 Å². The van der Waals surface area contributed by atoms with Crippen LogP contribution in [0.4, 0.5) is 0 Å². The molecule has 0 aliphatic heterocycles. The third kappa shape index (κ3) is 4.35. The van der Waals surface area contributed by atoms with Crippen LogP contribution in [-0.4, -0.2) is 63.4 Å². The molecule has 204 valence electrons. The van der Waals surface area contributed by atoms with E-state index in [0.717, 1.165) is 0 Å². The van der Waals surface area contributed by atoms with E-state index in [0.29, 0.717) is 23.2 Å². The zero-order chi connectivity index (χ0) is 28.2. The number of hydrogen-bond acceptors (Lipinski definition) is 10. The molecule has 11 heteroatoms. The predicted molar refractivity (Wildman–Crippen MR) is 137 cm³/mol. The molecular weight excluding hydrogens is 494 g/mol. The number of hydrogen-bond donors (Lipinski definition) is 6. The normalized spacial score (nSPS) is 25.4. The SMILES string of the molecule is CO/N=C/c1cc(CNCC(C)(C)C)c(O)c2c1C[C@H]1C[C@H]3CC(O)=C(C(N)=O)C(=O)[C@@]3(O)C(O)=C1C2=O. The van der Waals surface area contributed by atoms with Crippen molar-refractivity contribution in [2.75, 3.05) is 13.7 Å². The van der Waals surface area contributed by atoms with Gasteiger partial charge in [0.05, 0.1) is 11.8 Å². The molecule has 7 N–H and O–H groups in total. The number of Topliss-reactive ketones (excluding diaryl/α,β-unsaturated/α-hetero) is 2. The number of benzene rings is 1. The number of phenolic OH excluding ortho intramolecular Hbond substituents is 1. The topological polar surface area (TPSA) is 192 Å². The Bertz CT molecular complexity index is 1320. The maximum Gasteiger partial charge on any atom is 0.255 e. The standard InChI is InChI=1S/C27H33N3O8/c1-26(2,3)11-29-9-14-5-13(10-30-38-4)16-7-12-6-15-8-17(31)20(25(28)36)24(35)27(15,37)23(34)18(12)22(33)19(16)21(14)32/h5,10,12,15,29,31-32,34,37H,6-9,11H2,1-4H3,(H2,28,36)/b30-10+/t12-,15+,27+/m1/s1. The van der Waals surface area contributed by atoms with E-state index in [1.807, 2.05) is 0 Å². The fourth-order valence-electron chi connectivity index (χ4n) is 5.71. The van der Waals surface area contributed by atoms with Crippen molar-refractivity contribution in [3.63, 3.8) is 0 Å². The van der Waals surface area contributed by atoms with E-state index < -0.39 is 52.0 Å². The minimum Gasteiger partial charge on any atom is -0.511 e. The van der Waals surface area contributed by atoms with Crippen molar-refractivity contribution in [1.82, 2.24) is 5.32 Å². The van der Waals surface area contributed by atoms with E-state index in [2.05, 4.69) is 31.2 Å². The van der Waals surface area contributed by atoms with E-state index >= 15 is 0 Å². The summed E-state index contributed by atoms with van der Waals surface area (Å²) in [4.78, 5) is 43.6. The molecule has 38 heavy (non-hydrogen) atoms. The van der Waals surface area contributed by atoms with Crippen LogP contribution in [0.1, 0.15) is 60.7 Å². The van der Waals surface area contributed by atoms with E-state index in [1.54, 1.807) is 6.07 Å². The van der Waals surface area contributed by atoms with Crippen LogP contribution < -0.4 is 11.1 Å². The number of carbonyl (C=O) groups is 3. The Morgan fingerprint density at radius 2 is 1.95 bits per heavy atom. The third-order valence-corrected chi connectivity index (χ3v) is 7.44. The molecule has 0 saturated carbocycles. The monoisotopic (exact) mass is 527 g/mol. The highest BCUT2D eigenvalue weighted by Crippen LogP contribution is 2.51. The lowest BCUT2D eigenvalue weighted by molar-refractivity contribution is -0.144. The number of nitrogens with zero attached hydrogens (tertiary/aromatic N) is 1. The quantitative estimate of drug-likeness (QED) is 0.181. The van der Waals surface area contributed by atoms with Gasteiger partial charge in [-0.1, -0.05) is 25.9 Å². The van der Waals surface area contributed by atoms with Gasteiger partial charge in [0.2, 0.25) is 5.78 Å². The number of aromatic hydroxyl groups is 1. The number of aliphatic hydroxyl groups is 3. The number of amides is 1. The fraction of sp³-hybridized carbons (Fsp3) is 0.481. The molecule has 0 heterocycles. The lowest BCUT2D eigenvalue weighted by atomic mass is 9.60. The van der Waals surface area contributed by atoms with Crippen molar-refractivity contribution in [2.24, 2.45) is 28.1 Å². The first-order valence-corrected chi connectivity index (χ1v) is 12.3. The molecule has 4 rings (SSSR count). The lowest BCUT2D eigenvalue weighted by Crippen LogP contribution is -2.57. The number of nitrogens with two attached hydrogens (primary N) is 1. The van der Waals surface area contributed by atoms with Crippen molar-refractivity contribution in [2.45, 2.75) is 52.2 Å². The van der Waals surface area contributed by atoms with Crippen LogP contribution >= 0.6 is 0 Å². The van der Waals surface area contributed by atoms with Gasteiger partial charge in [-0.2, -0.15) is 0 Å². The summed E-state index contributed by atoms with van der Waals surface area (Å²) in [6, 6.07) is 1.71. The maximum atomic E-state index is 13.8. The van der Waals surface area contributed by atoms with E-state index in [4.69, 9.17) is 10.6 Å². The van der Waals surface area contributed by atoms with Crippen molar-refractivity contribution in [3.05, 3.63) is 51.0 Å².